The number of rotatable bonds is 3. The summed E-state index contributed by atoms with van der Waals surface area (Å²) in [6.45, 7) is 4.85. The van der Waals surface area contributed by atoms with Crippen LogP contribution in [0.5, 0.6) is 0 Å². The first-order valence-electron chi connectivity index (χ1n) is 8.22. The van der Waals surface area contributed by atoms with Gasteiger partial charge in [0, 0.05) is 41.0 Å². The van der Waals surface area contributed by atoms with Crippen molar-refractivity contribution < 1.29 is 5.11 Å². The van der Waals surface area contributed by atoms with Crippen LogP contribution < -0.4 is 0 Å². The Hall–Kier alpha value is -1.62. The molecular formula is C19H22N2OS. The largest absolute Gasteiger partial charge is 0.391 e. The summed E-state index contributed by atoms with van der Waals surface area (Å²) in [6.07, 6.45) is 2.76. The second-order valence-electron chi connectivity index (χ2n) is 6.52. The van der Waals surface area contributed by atoms with Crippen molar-refractivity contribution in [2.75, 3.05) is 13.1 Å². The van der Waals surface area contributed by atoms with Crippen molar-refractivity contribution in [3.05, 3.63) is 57.9 Å². The van der Waals surface area contributed by atoms with Gasteiger partial charge in [0.1, 0.15) is 0 Å². The van der Waals surface area contributed by atoms with Gasteiger partial charge in [-0.1, -0.05) is 12.1 Å². The van der Waals surface area contributed by atoms with E-state index in [9.17, 15) is 5.11 Å². The van der Waals surface area contributed by atoms with E-state index in [1.54, 1.807) is 11.3 Å². The molecule has 2 atom stereocenters. The third-order valence-corrected chi connectivity index (χ3v) is 6.13. The summed E-state index contributed by atoms with van der Waals surface area (Å²) < 4.78 is 0. The average Bonchev–Trinajstić information content (AvgIpc) is 3.17. The van der Waals surface area contributed by atoms with Crippen molar-refractivity contribution >= 4 is 22.2 Å². The van der Waals surface area contributed by atoms with Crippen molar-refractivity contribution in [3.8, 4) is 0 Å². The minimum atomic E-state index is -0.272. The Bertz CT molecular complexity index is 806. The van der Waals surface area contributed by atoms with Crippen LogP contribution in [0.2, 0.25) is 0 Å². The fourth-order valence-electron chi connectivity index (χ4n) is 3.74. The molecule has 0 spiro atoms. The second-order valence-corrected chi connectivity index (χ2v) is 7.47. The van der Waals surface area contributed by atoms with Crippen LogP contribution in [-0.2, 0) is 6.54 Å². The summed E-state index contributed by atoms with van der Waals surface area (Å²) in [6, 6.07) is 10.7. The van der Waals surface area contributed by atoms with E-state index in [2.05, 4.69) is 52.5 Å². The van der Waals surface area contributed by atoms with Crippen LogP contribution in [0, 0.1) is 6.92 Å². The van der Waals surface area contributed by atoms with Crippen LogP contribution in [0.3, 0.4) is 0 Å². The normalized spacial score (nSPS) is 22.7. The highest BCUT2D eigenvalue weighted by atomic mass is 32.1. The lowest BCUT2D eigenvalue weighted by atomic mass is 9.90. The van der Waals surface area contributed by atoms with Gasteiger partial charge in [-0.25, -0.2) is 0 Å². The Labute approximate surface area is 140 Å². The quantitative estimate of drug-likeness (QED) is 0.766. The van der Waals surface area contributed by atoms with Gasteiger partial charge in [0.05, 0.1) is 6.10 Å². The number of thiophene rings is 1. The molecule has 1 aliphatic rings. The molecule has 0 unspecified atom stereocenters. The van der Waals surface area contributed by atoms with E-state index in [0.717, 1.165) is 26.1 Å². The number of nitrogens with one attached hydrogen (secondary N) is 1. The monoisotopic (exact) mass is 326 g/mol. The topological polar surface area (TPSA) is 39.3 Å². The lowest BCUT2D eigenvalue weighted by Gasteiger charge is -2.36. The summed E-state index contributed by atoms with van der Waals surface area (Å²) in [7, 11) is 0. The Morgan fingerprint density at radius 2 is 2.22 bits per heavy atom. The Morgan fingerprint density at radius 3 is 3.00 bits per heavy atom. The maximum Gasteiger partial charge on any atom is 0.0744 e. The van der Waals surface area contributed by atoms with Gasteiger partial charge in [0.25, 0.3) is 0 Å². The number of hydrogen-bond acceptors (Lipinski definition) is 3. The number of hydrogen-bond donors (Lipinski definition) is 2. The predicted molar refractivity (Wildman–Crippen MR) is 96.0 cm³/mol. The molecule has 0 bridgehead atoms. The fraction of sp³-hybridized carbons (Fsp3) is 0.368. The van der Waals surface area contributed by atoms with Crippen LogP contribution in [0.1, 0.15) is 28.3 Å². The summed E-state index contributed by atoms with van der Waals surface area (Å²) in [4.78, 5) is 7.02. The van der Waals surface area contributed by atoms with E-state index in [4.69, 9.17) is 0 Å². The Balaban J connectivity index is 1.49. The highest BCUT2D eigenvalue weighted by Gasteiger charge is 2.30. The van der Waals surface area contributed by atoms with E-state index >= 15 is 0 Å². The first kappa shape index (κ1) is 14.9. The highest BCUT2D eigenvalue weighted by molar-refractivity contribution is 7.10. The number of aliphatic hydroxyl groups excluding tert-OH is 1. The first-order valence-corrected chi connectivity index (χ1v) is 9.10. The molecule has 1 fully saturated rings. The third-order valence-electron chi connectivity index (χ3n) is 4.98. The van der Waals surface area contributed by atoms with E-state index in [-0.39, 0.29) is 6.10 Å². The third kappa shape index (κ3) is 2.82. The van der Waals surface area contributed by atoms with Crippen molar-refractivity contribution in [2.24, 2.45) is 0 Å². The number of likely N-dealkylation sites (tertiary alicyclic amines) is 1. The molecule has 0 radical (unpaired) electrons. The van der Waals surface area contributed by atoms with E-state index in [1.807, 2.05) is 6.20 Å². The summed E-state index contributed by atoms with van der Waals surface area (Å²) >= 11 is 1.79. The van der Waals surface area contributed by atoms with Gasteiger partial charge in [0.15, 0.2) is 0 Å². The lowest BCUT2D eigenvalue weighted by molar-refractivity contribution is 0.0487. The lowest BCUT2D eigenvalue weighted by Crippen LogP contribution is -2.42. The molecule has 2 N–H and O–H groups in total. The van der Waals surface area contributed by atoms with E-state index < -0.39 is 0 Å². The molecule has 3 heterocycles. The molecule has 1 aromatic carbocycles. The van der Waals surface area contributed by atoms with Crippen LogP contribution >= 0.6 is 11.3 Å². The average molecular weight is 326 g/mol. The zero-order valence-electron chi connectivity index (χ0n) is 13.3. The Morgan fingerprint density at radius 1 is 1.30 bits per heavy atom. The van der Waals surface area contributed by atoms with Gasteiger partial charge in [-0.2, -0.15) is 0 Å². The maximum atomic E-state index is 10.6. The van der Waals surface area contributed by atoms with Crippen LogP contribution in [0.25, 0.3) is 10.9 Å². The molecule has 120 valence electrons. The summed E-state index contributed by atoms with van der Waals surface area (Å²) in [5, 5.41) is 14.1. The molecule has 0 amide bonds. The molecule has 3 aromatic rings. The standard InChI is InChI=1S/C19H22N2OS/c1-13-7-10-23-19(13)16-6-9-21(12-18(16)22)11-14-3-2-4-17-15(14)5-8-20-17/h2-5,7-8,10,16,18,20,22H,6,9,11-12H2,1H3/t16-,18-/m1/s1. The van der Waals surface area contributed by atoms with E-state index in [0.29, 0.717) is 5.92 Å². The number of piperidine rings is 1. The number of benzene rings is 1. The first-order chi connectivity index (χ1) is 11.2. The SMILES string of the molecule is Cc1ccsc1[C@@H]1CCN(Cc2cccc3[nH]ccc23)C[C@H]1O. The molecule has 23 heavy (non-hydrogen) atoms. The van der Waals surface area contributed by atoms with Gasteiger partial charge < -0.3 is 10.1 Å². The van der Waals surface area contributed by atoms with Gasteiger partial charge in [0.2, 0.25) is 0 Å². The number of fused-ring (bicyclic) bond motifs is 1. The van der Waals surface area contributed by atoms with Crippen molar-refractivity contribution in [1.82, 2.24) is 9.88 Å². The molecule has 0 saturated carbocycles. The second kappa shape index (κ2) is 6.11. The van der Waals surface area contributed by atoms with Gasteiger partial charge in [-0.15, -0.1) is 11.3 Å². The highest BCUT2D eigenvalue weighted by Crippen LogP contribution is 2.34. The minimum Gasteiger partial charge on any atom is -0.391 e. The number of H-pyrrole nitrogens is 1. The molecular weight excluding hydrogens is 304 g/mol. The molecule has 1 aliphatic heterocycles. The van der Waals surface area contributed by atoms with Crippen molar-refractivity contribution in [2.45, 2.75) is 31.9 Å². The molecule has 1 saturated heterocycles. The van der Waals surface area contributed by atoms with Gasteiger partial charge >= 0.3 is 0 Å². The number of β-amino-alcohol motifs (C(OH)–C–C–N with tert-alkyl or cyclic N) is 1. The van der Waals surface area contributed by atoms with E-state index in [1.165, 1.54) is 26.9 Å². The molecule has 4 rings (SSSR count). The van der Waals surface area contributed by atoms with Crippen molar-refractivity contribution in [1.29, 1.82) is 0 Å². The maximum absolute atomic E-state index is 10.6. The molecule has 0 aliphatic carbocycles. The van der Waals surface area contributed by atoms with Gasteiger partial charge in [-0.05, 0) is 54.6 Å². The molecule has 4 heteroatoms. The predicted octanol–water partition coefficient (Wildman–Crippen LogP) is 3.89. The van der Waals surface area contributed by atoms with Crippen LogP contribution in [0.15, 0.2) is 41.9 Å². The summed E-state index contributed by atoms with van der Waals surface area (Å²) in [5.74, 6) is 0.300. The number of aryl methyl sites for hydroxylation is 1. The number of nitrogens with zero attached hydrogens (tertiary/aromatic N) is 1. The zero-order valence-corrected chi connectivity index (χ0v) is 14.1. The van der Waals surface area contributed by atoms with Gasteiger partial charge in [-0.3, -0.25) is 4.90 Å². The van der Waals surface area contributed by atoms with Crippen LogP contribution in [0.4, 0.5) is 0 Å². The number of aromatic amines is 1. The van der Waals surface area contributed by atoms with Crippen molar-refractivity contribution in [3.63, 3.8) is 0 Å². The molecule has 2 aromatic heterocycles. The summed E-state index contributed by atoms with van der Waals surface area (Å²) in [5.41, 5.74) is 3.85. The smallest absolute Gasteiger partial charge is 0.0744 e. The Kier molecular flexibility index (Phi) is 3.97. The molecule has 3 nitrogen and oxygen atoms in total. The zero-order chi connectivity index (χ0) is 15.8. The number of aromatic nitrogens is 1. The van der Waals surface area contributed by atoms with Crippen LogP contribution in [-0.4, -0.2) is 34.2 Å². The number of aliphatic hydroxyl groups is 1. The minimum absolute atomic E-state index is 0.272. The fourth-order valence-corrected chi connectivity index (χ4v) is 4.86.